The summed E-state index contributed by atoms with van der Waals surface area (Å²) >= 11 is 0. The summed E-state index contributed by atoms with van der Waals surface area (Å²) in [6.45, 7) is 4.00. The third-order valence-corrected chi connectivity index (χ3v) is 4.04. The third kappa shape index (κ3) is 2.48. The zero-order chi connectivity index (χ0) is 14.9. The molecule has 0 saturated heterocycles. The number of fused-ring (bicyclic) bond motifs is 1. The highest BCUT2D eigenvalue weighted by Gasteiger charge is 2.37. The molecule has 1 heterocycles. The van der Waals surface area contributed by atoms with E-state index in [2.05, 4.69) is 12.2 Å². The van der Waals surface area contributed by atoms with Gasteiger partial charge in [0.2, 0.25) is 0 Å². The van der Waals surface area contributed by atoms with E-state index in [1.807, 2.05) is 6.92 Å². The van der Waals surface area contributed by atoms with Crippen LogP contribution in [0.2, 0.25) is 0 Å². The van der Waals surface area contributed by atoms with Crippen LogP contribution in [0.3, 0.4) is 0 Å². The van der Waals surface area contributed by atoms with Crippen molar-refractivity contribution in [2.24, 2.45) is 5.92 Å². The van der Waals surface area contributed by atoms with Crippen LogP contribution in [0.1, 0.15) is 48.5 Å². The van der Waals surface area contributed by atoms with Gasteiger partial charge in [0, 0.05) is 5.69 Å². The van der Waals surface area contributed by atoms with E-state index in [0.29, 0.717) is 5.69 Å². The summed E-state index contributed by atoms with van der Waals surface area (Å²) in [5, 5.41) is 21.3. The van der Waals surface area contributed by atoms with E-state index in [1.54, 1.807) is 12.1 Å². The summed E-state index contributed by atoms with van der Waals surface area (Å²) in [7, 11) is 0. The number of hydrogen-bond acceptors (Lipinski definition) is 3. The molecular weight excluding hydrogens is 258 g/mol. The quantitative estimate of drug-likeness (QED) is 0.787. The Balaban J connectivity index is 2.47. The average Bonchev–Trinajstić information content (AvgIpc) is 2.40. The summed E-state index contributed by atoms with van der Waals surface area (Å²) in [4.78, 5) is 22.4. The lowest BCUT2D eigenvalue weighted by atomic mass is 9.76. The molecule has 0 fully saturated rings. The van der Waals surface area contributed by atoms with Gasteiger partial charge in [0.15, 0.2) is 0 Å². The molecule has 5 nitrogen and oxygen atoms in total. The Morgan fingerprint density at radius 2 is 2.00 bits per heavy atom. The molecule has 0 saturated carbocycles. The molecule has 2 rings (SSSR count). The Hall–Kier alpha value is -2.04. The fourth-order valence-corrected chi connectivity index (χ4v) is 2.97. The van der Waals surface area contributed by atoms with E-state index in [4.69, 9.17) is 5.11 Å². The minimum Gasteiger partial charge on any atom is -0.480 e. The maximum Gasteiger partial charge on any atom is 0.335 e. The van der Waals surface area contributed by atoms with Crippen molar-refractivity contribution in [1.29, 1.82) is 0 Å². The van der Waals surface area contributed by atoms with Crippen molar-refractivity contribution in [2.75, 3.05) is 5.32 Å². The number of nitrogens with one attached hydrogen (secondary N) is 1. The zero-order valence-electron chi connectivity index (χ0n) is 11.6. The van der Waals surface area contributed by atoms with Gasteiger partial charge in [-0.05, 0) is 36.0 Å². The third-order valence-electron chi connectivity index (χ3n) is 4.04. The molecule has 5 heteroatoms. The Morgan fingerprint density at radius 1 is 1.30 bits per heavy atom. The second-order valence-corrected chi connectivity index (χ2v) is 5.32. The summed E-state index contributed by atoms with van der Waals surface area (Å²) in [5.74, 6) is -1.80. The van der Waals surface area contributed by atoms with E-state index in [1.165, 1.54) is 6.07 Å². The molecule has 1 aliphatic heterocycles. The van der Waals surface area contributed by atoms with E-state index >= 15 is 0 Å². The highest BCUT2D eigenvalue weighted by Crippen LogP contribution is 2.41. The van der Waals surface area contributed by atoms with Crippen LogP contribution in [-0.4, -0.2) is 28.2 Å². The van der Waals surface area contributed by atoms with E-state index in [9.17, 15) is 14.7 Å². The SMILES string of the molecule is CCCC1c2ccc(C(=O)O)cc2NC(C(=O)O)C1C. The highest BCUT2D eigenvalue weighted by atomic mass is 16.4. The Labute approximate surface area is 117 Å². The number of anilines is 1. The molecule has 1 aliphatic rings. The van der Waals surface area contributed by atoms with Crippen molar-refractivity contribution in [1.82, 2.24) is 0 Å². The van der Waals surface area contributed by atoms with Crippen molar-refractivity contribution >= 4 is 17.6 Å². The smallest absolute Gasteiger partial charge is 0.335 e. The lowest BCUT2D eigenvalue weighted by Crippen LogP contribution is -2.42. The van der Waals surface area contributed by atoms with Gasteiger partial charge in [-0.1, -0.05) is 26.3 Å². The first-order valence-electron chi connectivity index (χ1n) is 6.82. The maximum absolute atomic E-state index is 11.4. The van der Waals surface area contributed by atoms with E-state index < -0.39 is 18.0 Å². The first-order valence-corrected chi connectivity index (χ1v) is 6.82. The van der Waals surface area contributed by atoms with Crippen LogP contribution in [0, 0.1) is 5.92 Å². The lowest BCUT2D eigenvalue weighted by molar-refractivity contribution is -0.139. The number of carboxylic acid groups (broad SMARTS) is 2. The number of carboxylic acids is 2. The first-order chi connectivity index (χ1) is 9.45. The van der Waals surface area contributed by atoms with E-state index in [-0.39, 0.29) is 17.4 Å². The molecule has 1 aromatic carbocycles. The Bertz CT molecular complexity index is 541. The molecule has 0 aliphatic carbocycles. The molecule has 0 aromatic heterocycles. The molecule has 0 bridgehead atoms. The number of rotatable bonds is 4. The second kappa shape index (κ2) is 5.53. The number of carbonyl (C=O) groups is 2. The minimum atomic E-state index is -1.01. The maximum atomic E-state index is 11.4. The summed E-state index contributed by atoms with van der Waals surface area (Å²) in [6, 6.07) is 4.24. The van der Waals surface area contributed by atoms with Crippen molar-refractivity contribution in [3.63, 3.8) is 0 Å². The summed E-state index contributed by atoms with van der Waals surface area (Å²) in [6.07, 6.45) is 1.85. The molecular formula is C15H19NO4. The van der Waals surface area contributed by atoms with Crippen LogP contribution in [0.15, 0.2) is 18.2 Å². The molecule has 108 valence electrons. The van der Waals surface area contributed by atoms with Crippen LogP contribution >= 0.6 is 0 Å². The fourth-order valence-electron chi connectivity index (χ4n) is 2.97. The predicted molar refractivity (Wildman–Crippen MR) is 75.3 cm³/mol. The van der Waals surface area contributed by atoms with Gasteiger partial charge in [-0.15, -0.1) is 0 Å². The molecule has 0 amide bonds. The topological polar surface area (TPSA) is 86.6 Å². The van der Waals surface area contributed by atoms with Crippen LogP contribution in [0.5, 0.6) is 0 Å². The molecule has 1 aromatic rings. The van der Waals surface area contributed by atoms with Gasteiger partial charge in [-0.25, -0.2) is 9.59 Å². The minimum absolute atomic E-state index is 0.0318. The molecule has 3 atom stereocenters. The van der Waals surface area contributed by atoms with Crippen LogP contribution in [0.4, 0.5) is 5.69 Å². The largest absolute Gasteiger partial charge is 0.480 e. The average molecular weight is 277 g/mol. The standard InChI is InChI=1S/C15H19NO4/c1-3-4-10-8(2)13(15(19)20)16-12-7-9(14(17)18)5-6-11(10)12/h5-8,10,13,16H,3-4H2,1-2H3,(H,17,18)(H,19,20). The lowest BCUT2D eigenvalue weighted by Gasteiger charge is -2.37. The number of aromatic carboxylic acids is 1. The van der Waals surface area contributed by atoms with Gasteiger partial charge in [-0.3, -0.25) is 0 Å². The number of hydrogen-bond donors (Lipinski definition) is 3. The highest BCUT2D eigenvalue weighted by molar-refractivity contribution is 5.90. The number of aliphatic carboxylic acids is 1. The first kappa shape index (κ1) is 14.4. The fraction of sp³-hybridized carbons (Fsp3) is 0.467. The van der Waals surface area contributed by atoms with Crippen LogP contribution in [-0.2, 0) is 4.79 Å². The van der Waals surface area contributed by atoms with Crippen molar-refractivity contribution in [3.05, 3.63) is 29.3 Å². The van der Waals surface area contributed by atoms with Crippen LogP contribution < -0.4 is 5.32 Å². The second-order valence-electron chi connectivity index (χ2n) is 5.32. The van der Waals surface area contributed by atoms with Crippen LogP contribution in [0.25, 0.3) is 0 Å². The summed E-state index contributed by atoms with van der Waals surface area (Å²) < 4.78 is 0. The van der Waals surface area contributed by atoms with Gasteiger partial charge in [-0.2, -0.15) is 0 Å². The van der Waals surface area contributed by atoms with Crippen molar-refractivity contribution in [2.45, 2.75) is 38.6 Å². The molecule has 3 N–H and O–H groups in total. The molecule has 0 radical (unpaired) electrons. The van der Waals surface area contributed by atoms with Gasteiger partial charge in [0.25, 0.3) is 0 Å². The Kier molecular flexibility index (Phi) is 3.97. The molecule has 20 heavy (non-hydrogen) atoms. The monoisotopic (exact) mass is 277 g/mol. The van der Waals surface area contributed by atoms with Crippen molar-refractivity contribution < 1.29 is 19.8 Å². The van der Waals surface area contributed by atoms with Gasteiger partial charge in [0.1, 0.15) is 6.04 Å². The van der Waals surface area contributed by atoms with E-state index in [0.717, 1.165) is 18.4 Å². The molecule has 0 spiro atoms. The Morgan fingerprint density at radius 3 is 2.55 bits per heavy atom. The van der Waals surface area contributed by atoms with Crippen molar-refractivity contribution in [3.8, 4) is 0 Å². The normalized spacial score (nSPS) is 24.6. The van der Waals surface area contributed by atoms with Gasteiger partial charge in [0.05, 0.1) is 5.56 Å². The van der Waals surface area contributed by atoms with Gasteiger partial charge >= 0.3 is 11.9 Å². The zero-order valence-corrected chi connectivity index (χ0v) is 11.6. The summed E-state index contributed by atoms with van der Waals surface area (Å²) in [5.41, 5.74) is 1.82. The predicted octanol–water partition coefficient (Wildman–Crippen LogP) is 2.78. The van der Waals surface area contributed by atoms with Gasteiger partial charge < -0.3 is 15.5 Å². The molecule has 3 unspecified atom stereocenters. The number of benzene rings is 1.